The smallest absolute Gasteiger partial charge is 0.115 e. The molecule has 0 unspecified atom stereocenters. The van der Waals surface area contributed by atoms with Crippen molar-refractivity contribution < 1.29 is 5.11 Å². The number of nitrogens with zero attached hydrogens (tertiary/aromatic N) is 4. The minimum absolute atomic E-state index is 0.176. The zero-order chi connectivity index (χ0) is 20.0. The SMILES string of the molecule is CCn1ccc(C=NN=C2CC[C@H]3[C@@H]4CCc5cc(O)ccc5[C@H]4CC[C@]23C)n1. The maximum atomic E-state index is 9.86. The van der Waals surface area contributed by atoms with E-state index in [0.29, 0.717) is 17.6 Å². The number of aromatic hydroxyl groups is 1. The number of benzene rings is 1. The monoisotopic (exact) mass is 390 g/mol. The second-order valence-electron chi connectivity index (χ2n) is 9.18. The van der Waals surface area contributed by atoms with Gasteiger partial charge in [0, 0.05) is 23.9 Å². The van der Waals surface area contributed by atoms with Crippen molar-refractivity contribution in [2.75, 3.05) is 0 Å². The molecule has 3 aliphatic rings. The summed E-state index contributed by atoms with van der Waals surface area (Å²) < 4.78 is 1.91. The fourth-order valence-electron chi connectivity index (χ4n) is 6.30. The lowest BCUT2D eigenvalue weighted by molar-refractivity contribution is 0.0955. The number of rotatable bonds is 3. The Morgan fingerprint density at radius 2 is 2.14 bits per heavy atom. The van der Waals surface area contributed by atoms with Crippen LogP contribution in [0.15, 0.2) is 40.7 Å². The first kappa shape index (κ1) is 18.6. The summed E-state index contributed by atoms with van der Waals surface area (Å²) in [7, 11) is 0. The molecule has 152 valence electrons. The third kappa shape index (κ3) is 3.11. The third-order valence-corrected chi connectivity index (χ3v) is 7.80. The lowest BCUT2D eigenvalue weighted by Gasteiger charge is -2.49. The van der Waals surface area contributed by atoms with Crippen LogP contribution in [0.2, 0.25) is 0 Å². The van der Waals surface area contributed by atoms with Gasteiger partial charge in [0.2, 0.25) is 0 Å². The van der Waals surface area contributed by atoms with Crippen molar-refractivity contribution in [1.82, 2.24) is 9.78 Å². The van der Waals surface area contributed by atoms with Crippen molar-refractivity contribution in [2.24, 2.45) is 27.5 Å². The predicted molar refractivity (Wildman–Crippen MR) is 116 cm³/mol. The molecule has 1 N–H and O–H groups in total. The molecule has 29 heavy (non-hydrogen) atoms. The zero-order valence-electron chi connectivity index (χ0n) is 17.4. The zero-order valence-corrected chi connectivity index (χ0v) is 17.4. The van der Waals surface area contributed by atoms with Gasteiger partial charge in [-0.15, -0.1) is 0 Å². The number of hydrogen-bond donors (Lipinski definition) is 1. The number of aryl methyl sites for hydroxylation is 2. The Morgan fingerprint density at radius 1 is 1.24 bits per heavy atom. The van der Waals surface area contributed by atoms with E-state index in [2.05, 4.69) is 30.1 Å². The van der Waals surface area contributed by atoms with Gasteiger partial charge in [0.15, 0.2) is 0 Å². The Kier molecular flexibility index (Phi) is 4.56. The lowest BCUT2D eigenvalue weighted by atomic mass is 9.55. The van der Waals surface area contributed by atoms with Crippen LogP contribution < -0.4 is 0 Å². The Bertz CT molecular complexity index is 975. The Hall–Kier alpha value is -2.43. The number of hydrogen-bond acceptors (Lipinski definition) is 4. The highest BCUT2D eigenvalue weighted by Crippen LogP contribution is 2.60. The molecule has 0 bridgehead atoms. The molecule has 0 aliphatic heterocycles. The van der Waals surface area contributed by atoms with E-state index >= 15 is 0 Å². The van der Waals surface area contributed by atoms with E-state index in [1.54, 1.807) is 6.21 Å². The molecule has 5 nitrogen and oxygen atoms in total. The summed E-state index contributed by atoms with van der Waals surface area (Å²) in [4.78, 5) is 0. The molecule has 0 spiro atoms. The van der Waals surface area contributed by atoms with Crippen molar-refractivity contribution in [2.45, 2.75) is 64.8 Å². The van der Waals surface area contributed by atoms with Gasteiger partial charge in [0.25, 0.3) is 0 Å². The van der Waals surface area contributed by atoms with E-state index in [4.69, 9.17) is 5.10 Å². The lowest BCUT2D eigenvalue weighted by Crippen LogP contribution is -2.42. The average molecular weight is 391 g/mol. The Balaban J connectivity index is 1.37. The molecule has 1 heterocycles. The van der Waals surface area contributed by atoms with Crippen molar-refractivity contribution in [3.63, 3.8) is 0 Å². The molecular weight excluding hydrogens is 360 g/mol. The van der Waals surface area contributed by atoms with Crippen LogP contribution in [0, 0.1) is 17.3 Å². The van der Waals surface area contributed by atoms with Crippen molar-refractivity contribution >= 4 is 11.9 Å². The van der Waals surface area contributed by atoms with Gasteiger partial charge in [-0.2, -0.15) is 15.3 Å². The first-order chi connectivity index (χ1) is 14.1. The highest BCUT2D eigenvalue weighted by atomic mass is 16.3. The molecule has 0 radical (unpaired) electrons. The largest absolute Gasteiger partial charge is 0.508 e. The molecule has 2 saturated carbocycles. The van der Waals surface area contributed by atoms with Crippen LogP contribution in [0.5, 0.6) is 5.75 Å². The summed E-state index contributed by atoms with van der Waals surface area (Å²) in [5, 5.41) is 23.4. The van der Waals surface area contributed by atoms with E-state index < -0.39 is 0 Å². The topological polar surface area (TPSA) is 62.8 Å². The summed E-state index contributed by atoms with van der Waals surface area (Å²) in [6.45, 7) is 5.37. The number of phenolic OH excluding ortho intramolecular Hbond substituents is 1. The van der Waals surface area contributed by atoms with Gasteiger partial charge >= 0.3 is 0 Å². The third-order valence-electron chi connectivity index (χ3n) is 7.80. The average Bonchev–Trinajstić information content (AvgIpc) is 3.32. The molecule has 2 fully saturated rings. The van der Waals surface area contributed by atoms with Gasteiger partial charge in [-0.1, -0.05) is 13.0 Å². The van der Waals surface area contributed by atoms with Gasteiger partial charge in [-0.3, -0.25) is 4.68 Å². The second kappa shape index (κ2) is 7.12. The van der Waals surface area contributed by atoms with E-state index in [9.17, 15) is 5.11 Å². The molecule has 3 aliphatic carbocycles. The molecule has 0 amide bonds. The molecule has 1 aromatic heterocycles. The summed E-state index contributed by atoms with van der Waals surface area (Å²) >= 11 is 0. The van der Waals surface area contributed by atoms with Crippen LogP contribution in [0.1, 0.15) is 68.7 Å². The van der Waals surface area contributed by atoms with Crippen LogP contribution in [-0.2, 0) is 13.0 Å². The molecule has 4 atom stereocenters. The van der Waals surface area contributed by atoms with Crippen molar-refractivity contribution in [1.29, 1.82) is 0 Å². The van der Waals surface area contributed by atoms with E-state index in [1.807, 2.05) is 29.1 Å². The van der Waals surface area contributed by atoms with E-state index in [-0.39, 0.29) is 5.41 Å². The molecule has 0 saturated heterocycles. The fourth-order valence-corrected chi connectivity index (χ4v) is 6.30. The van der Waals surface area contributed by atoms with Crippen LogP contribution >= 0.6 is 0 Å². The summed E-state index contributed by atoms with van der Waals surface area (Å²) in [6, 6.07) is 8.00. The molecule has 5 heteroatoms. The van der Waals surface area contributed by atoms with Crippen LogP contribution in [0.4, 0.5) is 0 Å². The highest BCUT2D eigenvalue weighted by Gasteiger charge is 2.53. The van der Waals surface area contributed by atoms with Crippen LogP contribution in [-0.4, -0.2) is 26.8 Å². The minimum atomic E-state index is 0.176. The molecule has 1 aromatic carbocycles. The van der Waals surface area contributed by atoms with Crippen molar-refractivity contribution in [3.8, 4) is 5.75 Å². The van der Waals surface area contributed by atoms with Gasteiger partial charge in [-0.25, -0.2) is 0 Å². The minimum Gasteiger partial charge on any atom is -0.508 e. The number of aromatic nitrogens is 2. The first-order valence-corrected chi connectivity index (χ1v) is 11.0. The van der Waals surface area contributed by atoms with Crippen LogP contribution in [0.3, 0.4) is 0 Å². The molecular formula is C24H30N4O. The van der Waals surface area contributed by atoms with Gasteiger partial charge in [-0.05, 0) is 92.5 Å². The quantitative estimate of drug-likeness (QED) is 0.596. The van der Waals surface area contributed by atoms with Crippen LogP contribution in [0.25, 0.3) is 0 Å². The maximum absolute atomic E-state index is 9.86. The summed E-state index contributed by atoms with van der Waals surface area (Å²) in [6.07, 6.45) is 10.7. The van der Waals surface area contributed by atoms with Crippen molar-refractivity contribution in [3.05, 3.63) is 47.3 Å². The first-order valence-electron chi connectivity index (χ1n) is 11.0. The highest BCUT2D eigenvalue weighted by molar-refractivity contribution is 5.93. The van der Waals surface area contributed by atoms with E-state index in [0.717, 1.165) is 31.0 Å². The number of phenols is 1. The molecule has 5 rings (SSSR count). The number of fused-ring (bicyclic) bond motifs is 5. The normalized spacial score (nSPS) is 32.3. The predicted octanol–water partition coefficient (Wildman–Crippen LogP) is 4.94. The maximum Gasteiger partial charge on any atom is 0.115 e. The second-order valence-corrected chi connectivity index (χ2v) is 9.18. The molecule has 2 aromatic rings. The fraction of sp³-hybridized carbons (Fsp3) is 0.542. The van der Waals surface area contributed by atoms with Gasteiger partial charge in [0.05, 0.1) is 6.21 Å². The Morgan fingerprint density at radius 3 is 2.97 bits per heavy atom. The van der Waals surface area contributed by atoms with Gasteiger partial charge < -0.3 is 5.11 Å². The standard InChI is InChI=1S/C24H30N4O/c1-3-28-13-11-17(27-28)15-25-26-23-9-8-22-21-6-4-16-14-18(29)5-7-19(16)20(21)10-12-24(22,23)2/h5,7,11,13-15,20-22,29H,3-4,6,8-10,12H2,1-2H3/t20-,21-,22+,24+/m1/s1. The van der Waals surface area contributed by atoms with Gasteiger partial charge in [0.1, 0.15) is 11.4 Å². The summed E-state index contributed by atoms with van der Waals surface area (Å²) in [5.74, 6) is 2.46. The summed E-state index contributed by atoms with van der Waals surface area (Å²) in [5.41, 5.74) is 5.17. The van der Waals surface area contributed by atoms with E-state index in [1.165, 1.54) is 42.5 Å². The Labute approximate surface area is 172 Å².